The fourth-order valence-corrected chi connectivity index (χ4v) is 2.53. The van der Waals surface area contributed by atoms with Crippen molar-refractivity contribution in [2.24, 2.45) is 5.92 Å². The van der Waals surface area contributed by atoms with Gasteiger partial charge in [0.2, 0.25) is 5.91 Å². The lowest BCUT2D eigenvalue weighted by Gasteiger charge is -2.30. The number of morpholine rings is 1. The number of nitrogens with one attached hydrogen (secondary N) is 1. The molecule has 6 nitrogen and oxygen atoms in total. The summed E-state index contributed by atoms with van der Waals surface area (Å²) < 4.78 is 7.21. The maximum absolute atomic E-state index is 12.4. The minimum atomic E-state index is -0.0238. The molecule has 0 aromatic carbocycles. The van der Waals surface area contributed by atoms with Crippen molar-refractivity contribution in [3.63, 3.8) is 0 Å². The van der Waals surface area contributed by atoms with Crippen molar-refractivity contribution >= 4 is 5.91 Å². The molecule has 98 valence electrons. The van der Waals surface area contributed by atoms with Crippen LogP contribution in [-0.2, 0) is 22.6 Å². The molecule has 2 aliphatic rings. The van der Waals surface area contributed by atoms with Crippen LogP contribution in [0.25, 0.3) is 0 Å². The van der Waals surface area contributed by atoms with E-state index in [9.17, 15) is 4.79 Å². The van der Waals surface area contributed by atoms with Gasteiger partial charge in [-0.3, -0.25) is 9.48 Å². The number of fused-ring (bicyclic) bond motifs is 1. The first-order valence-corrected chi connectivity index (χ1v) is 6.42. The summed E-state index contributed by atoms with van der Waals surface area (Å²) in [6.07, 6.45) is 1.79. The smallest absolute Gasteiger partial charge is 0.229 e. The molecule has 1 amide bonds. The Labute approximate surface area is 106 Å². The summed E-state index contributed by atoms with van der Waals surface area (Å²) in [6, 6.07) is 1.99. The monoisotopic (exact) mass is 250 g/mol. The lowest BCUT2D eigenvalue weighted by Crippen LogP contribution is -2.46. The third kappa shape index (κ3) is 2.26. The highest BCUT2D eigenvalue weighted by Crippen LogP contribution is 2.13. The van der Waals surface area contributed by atoms with Gasteiger partial charge in [0, 0.05) is 32.4 Å². The van der Waals surface area contributed by atoms with Crippen LogP contribution in [0.4, 0.5) is 0 Å². The molecular weight excluding hydrogens is 232 g/mol. The van der Waals surface area contributed by atoms with Crippen LogP contribution >= 0.6 is 0 Å². The predicted molar refractivity (Wildman–Crippen MR) is 64.8 cm³/mol. The fraction of sp³-hybridized carbons (Fsp3) is 0.667. The average Bonchev–Trinajstić information content (AvgIpc) is 2.76. The second-order valence-corrected chi connectivity index (χ2v) is 4.77. The SMILES string of the molecule is O=C(C1CNCc2ccnn2C1)N1CCOCC1. The Hall–Kier alpha value is -1.40. The molecule has 6 heteroatoms. The Balaban J connectivity index is 1.70. The van der Waals surface area contributed by atoms with E-state index in [4.69, 9.17) is 4.74 Å². The first kappa shape index (κ1) is 11.7. The molecule has 1 aromatic heterocycles. The van der Waals surface area contributed by atoms with E-state index in [1.54, 1.807) is 6.20 Å². The van der Waals surface area contributed by atoms with Crippen LogP contribution in [0.5, 0.6) is 0 Å². The van der Waals surface area contributed by atoms with Crippen molar-refractivity contribution in [2.45, 2.75) is 13.1 Å². The van der Waals surface area contributed by atoms with E-state index in [-0.39, 0.29) is 11.8 Å². The molecule has 0 aliphatic carbocycles. The largest absolute Gasteiger partial charge is 0.378 e. The molecule has 1 N–H and O–H groups in total. The summed E-state index contributed by atoms with van der Waals surface area (Å²) in [5, 5.41) is 7.60. The summed E-state index contributed by atoms with van der Waals surface area (Å²) in [5.74, 6) is 0.193. The molecular formula is C12H18N4O2. The maximum atomic E-state index is 12.4. The quantitative estimate of drug-likeness (QED) is 0.727. The number of hydrogen-bond acceptors (Lipinski definition) is 4. The maximum Gasteiger partial charge on any atom is 0.229 e. The molecule has 1 atom stereocenters. The van der Waals surface area contributed by atoms with E-state index in [2.05, 4.69) is 10.4 Å². The normalized spacial score (nSPS) is 24.4. The molecule has 18 heavy (non-hydrogen) atoms. The molecule has 1 unspecified atom stereocenters. The average molecular weight is 250 g/mol. The van der Waals surface area contributed by atoms with Gasteiger partial charge in [0.15, 0.2) is 0 Å². The van der Waals surface area contributed by atoms with Gasteiger partial charge in [-0.05, 0) is 6.07 Å². The van der Waals surface area contributed by atoms with Crippen molar-refractivity contribution in [1.82, 2.24) is 20.0 Å². The zero-order chi connectivity index (χ0) is 12.4. The van der Waals surface area contributed by atoms with E-state index in [1.165, 1.54) is 0 Å². The Morgan fingerprint density at radius 1 is 1.44 bits per heavy atom. The Morgan fingerprint density at radius 3 is 3.11 bits per heavy atom. The molecule has 1 saturated heterocycles. The highest BCUT2D eigenvalue weighted by atomic mass is 16.5. The zero-order valence-corrected chi connectivity index (χ0v) is 10.3. The van der Waals surface area contributed by atoms with E-state index in [1.807, 2.05) is 15.6 Å². The van der Waals surface area contributed by atoms with E-state index in [0.29, 0.717) is 32.8 Å². The number of ether oxygens (including phenoxy) is 1. The number of nitrogens with zero attached hydrogens (tertiary/aromatic N) is 3. The van der Waals surface area contributed by atoms with Gasteiger partial charge >= 0.3 is 0 Å². The van der Waals surface area contributed by atoms with Gasteiger partial charge in [-0.2, -0.15) is 5.10 Å². The van der Waals surface area contributed by atoms with Gasteiger partial charge in [0.25, 0.3) is 0 Å². The third-order valence-corrected chi connectivity index (χ3v) is 3.57. The van der Waals surface area contributed by atoms with Crippen molar-refractivity contribution in [1.29, 1.82) is 0 Å². The summed E-state index contributed by atoms with van der Waals surface area (Å²) >= 11 is 0. The topological polar surface area (TPSA) is 59.4 Å². The molecule has 3 rings (SSSR count). The number of amides is 1. The van der Waals surface area contributed by atoms with Crippen LogP contribution in [0.3, 0.4) is 0 Å². The van der Waals surface area contributed by atoms with Crippen molar-refractivity contribution in [3.8, 4) is 0 Å². The number of carbonyl (C=O) groups excluding carboxylic acids is 1. The van der Waals surface area contributed by atoms with Gasteiger partial charge in [0.05, 0.1) is 31.4 Å². The lowest BCUT2D eigenvalue weighted by atomic mass is 10.1. The van der Waals surface area contributed by atoms with E-state index < -0.39 is 0 Å². The number of aromatic nitrogens is 2. The van der Waals surface area contributed by atoms with Gasteiger partial charge in [-0.25, -0.2) is 0 Å². The Bertz CT molecular complexity index is 425. The minimum absolute atomic E-state index is 0.0238. The lowest BCUT2D eigenvalue weighted by molar-refractivity contribution is -0.140. The molecule has 0 bridgehead atoms. The predicted octanol–water partition coefficient (Wildman–Crippen LogP) is -0.539. The summed E-state index contributed by atoms with van der Waals surface area (Å²) in [7, 11) is 0. The van der Waals surface area contributed by atoms with Crippen LogP contribution < -0.4 is 5.32 Å². The molecule has 2 aliphatic heterocycles. The van der Waals surface area contributed by atoms with Gasteiger partial charge in [-0.1, -0.05) is 0 Å². The number of carbonyl (C=O) groups is 1. The molecule has 1 aromatic rings. The molecule has 3 heterocycles. The van der Waals surface area contributed by atoms with Crippen molar-refractivity contribution in [2.75, 3.05) is 32.8 Å². The summed E-state index contributed by atoms with van der Waals surface area (Å²) in [5.41, 5.74) is 1.15. The van der Waals surface area contributed by atoms with Gasteiger partial charge < -0.3 is 15.0 Å². The molecule has 0 radical (unpaired) electrons. The highest BCUT2D eigenvalue weighted by Gasteiger charge is 2.28. The molecule has 0 spiro atoms. The van der Waals surface area contributed by atoms with E-state index >= 15 is 0 Å². The highest BCUT2D eigenvalue weighted by molar-refractivity contribution is 5.79. The second kappa shape index (κ2) is 5.07. The van der Waals surface area contributed by atoms with Crippen LogP contribution in [0.15, 0.2) is 12.3 Å². The fourth-order valence-electron chi connectivity index (χ4n) is 2.53. The zero-order valence-electron chi connectivity index (χ0n) is 10.3. The second-order valence-electron chi connectivity index (χ2n) is 4.77. The van der Waals surface area contributed by atoms with Gasteiger partial charge in [0.1, 0.15) is 0 Å². The summed E-state index contributed by atoms with van der Waals surface area (Å²) in [4.78, 5) is 14.3. The van der Waals surface area contributed by atoms with Gasteiger partial charge in [-0.15, -0.1) is 0 Å². The van der Waals surface area contributed by atoms with Crippen molar-refractivity contribution < 1.29 is 9.53 Å². The summed E-state index contributed by atoms with van der Waals surface area (Å²) in [6.45, 7) is 4.90. The molecule has 1 fully saturated rings. The number of rotatable bonds is 1. The van der Waals surface area contributed by atoms with Crippen LogP contribution in [-0.4, -0.2) is 53.4 Å². The number of hydrogen-bond donors (Lipinski definition) is 1. The Morgan fingerprint density at radius 2 is 2.28 bits per heavy atom. The first-order valence-electron chi connectivity index (χ1n) is 6.42. The minimum Gasteiger partial charge on any atom is -0.378 e. The Kier molecular flexibility index (Phi) is 3.29. The van der Waals surface area contributed by atoms with Crippen LogP contribution in [0, 0.1) is 5.92 Å². The standard InChI is InChI=1S/C12H18N4O2/c17-12(15-3-5-18-6-4-15)10-7-13-8-11-1-2-14-16(11)9-10/h1-2,10,13H,3-9H2. The third-order valence-electron chi connectivity index (χ3n) is 3.57. The first-order chi connectivity index (χ1) is 8.84. The van der Waals surface area contributed by atoms with Crippen LogP contribution in [0.1, 0.15) is 5.69 Å². The van der Waals surface area contributed by atoms with E-state index in [0.717, 1.165) is 18.8 Å². The van der Waals surface area contributed by atoms with Crippen LogP contribution in [0.2, 0.25) is 0 Å². The van der Waals surface area contributed by atoms with Crippen molar-refractivity contribution in [3.05, 3.63) is 18.0 Å². The molecule has 0 saturated carbocycles.